The van der Waals surface area contributed by atoms with Crippen molar-refractivity contribution in [3.8, 4) is 0 Å². The Kier molecular flexibility index (Phi) is 8.64. The molecule has 1 N–H and O–H groups in total. The fourth-order valence-electron chi connectivity index (χ4n) is 1.83. The van der Waals surface area contributed by atoms with Gasteiger partial charge < -0.3 is 10.1 Å². The number of pyridine rings is 1. The quantitative estimate of drug-likeness (QED) is 0.520. The number of nitrogens with zero attached hydrogens (tertiary/aromatic N) is 1. The lowest BCUT2D eigenvalue weighted by atomic mass is 10.2. The highest BCUT2D eigenvalue weighted by Crippen LogP contribution is 2.01. The smallest absolute Gasteiger partial charge is 0.305 e. The average Bonchev–Trinajstić information content (AvgIpc) is 2.43. The molecule has 0 saturated carbocycles. The fourth-order valence-corrected chi connectivity index (χ4v) is 1.83. The van der Waals surface area contributed by atoms with Gasteiger partial charge in [0.15, 0.2) is 0 Å². The van der Waals surface area contributed by atoms with Crippen LogP contribution in [0.15, 0.2) is 24.5 Å². The number of unbranched alkanes of at least 4 members (excludes halogenated alkanes) is 2. The molecule has 0 aliphatic heterocycles. The molecule has 0 amide bonds. The maximum Gasteiger partial charge on any atom is 0.305 e. The third kappa shape index (κ3) is 8.32. The Balaban J connectivity index is 1.88. The second kappa shape index (κ2) is 10.5. The summed E-state index contributed by atoms with van der Waals surface area (Å²) in [5, 5.41) is 3.40. The molecule has 0 bridgehead atoms. The number of rotatable bonds is 10. The topological polar surface area (TPSA) is 51.2 Å². The lowest BCUT2D eigenvalue weighted by Gasteiger charge is -2.05. The summed E-state index contributed by atoms with van der Waals surface area (Å²) in [5.74, 6) is -0.0768. The van der Waals surface area contributed by atoms with Gasteiger partial charge >= 0.3 is 5.97 Å². The zero-order chi connectivity index (χ0) is 13.8. The SMILES string of the molecule is CCOC(=O)CCCCCNCCc1cccnc1. The van der Waals surface area contributed by atoms with Crippen LogP contribution in [0.25, 0.3) is 0 Å². The standard InChI is InChI=1S/C15H24N2O2/c1-2-19-15(18)8-4-3-5-10-16-12-9-14-7-6-11-17-13-14/h6-7,11,13,16H,2-5,8-10,12H2,1H3. The molecule has 1 aromatic rings. The first kappa shape index (κ1) is 15.6. The largest absolute Gasteiger partial charge is 0.466 e. The molecule has 0 aliphatic rings. The Hall–Kier alpha value is -1.42. The monoisotopic (exact) mass is 264 g/mol. The molecule has 0 atom stereocenters. The van der Waals surface area contributed by atoms with E-state index in [2.05, 4.69) is 16.4 Å². The lowest BCUT2D eigenvalue weighted by molar-refractivity contribution is -0.143. The first-order chi connectivity index (χ1) is 9.33. The van der Waals surface area contributed by atoms with E-state index in [0.717, 1.165) is 38.8 Å². The molecule has 4 heteroatoms. The first-order valence-electron chi connectivity index (χ1n) is 7.08. The zero-order valence-electron chi connectivity index (χ0n) is 11.7. The summed E-state index contributed by atoms with van der Waals surface area (Å²) < 4.78 is 4.88. The number of ether oxygens (including phenoxy) is 1. The van der Waals surface area contributed by atoms with Gasteiger partial charge in [-0.3, -0.25) is 9.78 Å². The van der Waals surface area contributed by atoms with Gasteiger partial charge in [-0.05, 0) is 50.9 Å². The van der Waals surface area contributed by atoms with Crippen LogP contribution < -0.4 is 5.32 Å². The number of hydrogen-bond acceptors (Lipinski definition) is 4. The average molecular weight is 264 g/mol. The third-order valence-electron chi connectivity index (χ3n) is 2.85. The fraction of sp³-hybridized carbons (Fsp3) is 0.600. The van der Waals surface area contributed by atoms with Crippen LogP contribution >= 0.6 is 0 Å². The summed E-state index contributed by atoms with van der Waals surface area (Å²) in [6, 6.07) is 4.05. The molecule has 0 saturated heterocycles. The highest BCUT2D eigenvalue weighted by molar-refractivity contribution is 5.69. The summed E-state index contributed by atoms with van der Waals surface area (Å²) in [4.78, 5) is 15.2. The Bertz CT molecular complexity index is 341. The van der Waals surface area contributed by atoms with Gasteiger partial charge in [-0.1, -0.05) is 12.5 Å². The number of nitrogens with one attached hydrogen (secondary N) is 1. The Morgan fingerprint density at radius 2 is 2.21 bits per heavy atom. The van der Waals surface area contributed by atoms with Crippen molar-refractivity contribution >= 4 is 5.97 Å². The summed E-state index contributed by atoms with van der Waals surface area (Å²) in [7, 11) is 0. The number of carbonyl (C=O) groups excluding carboxylic acids is 1. The number of hydrogen-bond donors (Lipinski definition) is 1. The zero-order valence-corrected chi connectivity index (χ0v) is 11.7. The van der Waals surface area contributed by atoms with Crippen molar-refractivity contribution in [2.75, 3.05) is 19.7 Å². The van der Waals surface area contributed by atoms with Gasteiger partial charge in [-0.15, -0.1) is 0 Å². The van der Waals surface area contributed by atoms with Gasteiger partial charge in [0.05, 0.1) is 6.61 Å². The van der Waals surface area contributed by atoms with Crippen LogP contribution in [0, 0.1) is 0 Å². The molecule has 0 spiro atoms. The van der Waals surface area contributed by atoms with Crippen molar-refractivity contribution < 1.29 is 9.53 Å². The summed E-state index contributed by atoms with van der Waals surface area (Å²) in [5.41, 5.74) is 1.26. The van der Waals surface area contributed by atoms with E-state index in [9.17, 15) is 4.79 Å². The molecule has 0 aromatic carbocycles. The van der Waals surface area contributed by atoms with E-state index in [1.54, 1.807) is 6.20 Å². The van der Waals surface area contributed by atoms with Crippen LogP contribution in [0.1, 0.15) is 38.2 Å². The van der Waals surface area contributed by atoms with E-state index < -0.39 is 0 Å². The van der Waals surface area contributed by atoms with E-state index in [-0.39, 0.29) is 5.97 Å². The second-order valence-electron chi connectivity index (χ2n) is 4.48. The van der Waals surface area contributed by atoms with Crippen molar-refractivity contribution in [3.63, 3.8) is 0 Å². The minimum absolute atomic E-state index is 0.0768. The van der Waals surface area contributed by atoms with Crippen molar-refractivity contribution in [2.45, 2.75) is 39.0 Å². The summed E-state index contributed by atoms with van der Waals surface area (Å²) in [6.07, 6.45) is 8.34. The molecule has 4 nitrogen and oxygen atoms in total. The molecular formula is C15H24N2O2. The van der Waals surface area contributed by atoms with Crippen LogP contribution in [0.4, 0.5) is 0 Å². The Morgan fingerprint density at radius 3 is 2.95 bits per heavy atom. The van der Waals surface area contributed by atoms with Gasteiger partial charge in [0.25, 0.3) is 0 Å². The van der Waals surface area contributed by atoms with Crippen molar-refractivity contribution in [1.29, 1.82) is 0 Å². The van der Waals surface area contributed by atoms with E-state index in [1.165, 1.54) is 5.56 Å². The number of aromatic nitrogens is 1. The predicted molar refractivity (Wildman–Crippen MR) is 75.9 cm³/mol. The highest BCUT2D eigenvalue weighted by Gasteiger charge is 2.00. The second-order valence-corrected chi connectivity index (χ2v) is 4.48. The van der Waals surface area contributed by atoms with Crippen molar-refractivity contribution in [3.05, 3.63) is 30.1 Å². The van der Waals surface area contributed by atoms with Gasteiger partial charge in [0, 0.05) is 18.8 Å². The van der Waals surface area contributed by atoms with Gasteiger partial charge in [-0.2, -0.15) is 0 Å². The first-order valence-corrected chi connectivity index (χ1v) is 7.08. The maximum absolute atomic E-state index is 11.1. The van der Waals surface area contributed by atoms with Crippen LogP contribution in [0.3, 0.4) is 0 Å². The molecular weight excluding hydrogens is 240 g/mol. The van der Waals surface area contributed by atoms with E-state index >= 15 is 0 Å². The molecule has 0 aliphatic carbocycles. The van der Waals surface area contributed by atoms with Crippen LogP contribution in [0.2, 0.25) is 0 Å². The molecule has 0 radical (unpaired) electrons. The van der Waals surface area contributed by atoms with Crippen LogP contribution in [-0.4, -0.2) is 30.6 Å². The maximum atomic E-state index is 11.1. The van der Waals surface area contributed by atoms with Crippen LogP contribution in [-0.2, 0) is 16.0 Å². The minimum atomic E-state index is -0.0768. The molecule has 1 aromatic heterocycles. The Morgan fingerprint density at radius 1 is 1.32 bits per heavy atom. The van der Waals surface area contributed by atoms with E-state index in [1.807, 2.05) is 19.2 Å². The molecule has 1 heterocycles. The van der Waals surface area contributed by atoms with Crippen LogP contribution in [0.5, 0.6) is 0 Å². The van der Waals surface area contributed by atoms with Crippen molar-refractivity contribution in [2.24, 2.45) is 0 Å². The summed E-state index contributed by atoms with van der Waals surface area (Å²) >= 11 is 0. The predicted octanol–water partition coefficient (Wildman–Crippen LogP) is 2.34. The van der Waals surface area contributed by atoms with Gasteiger partial charge in [0.1, 0.15) is 0 Å². The number of esters is 1. The Labute approximate surface area is 115 Å². The molecule has 0 fully saturated rings. The lowest BCUT2D eigenvalue weighted by Crippen LogP contribution is -2.18. The normalized spacial score (nSPS) is 10.4. The number of carbonyl (C=O) groups is 1. The molecule has 1 rings (SSSR count). The third-order valence-corrected chi connectivity index (χ3v) is 2.85. The van der Waals surface area contributed by atoms with Gasteiger partial charge in [0.2, 0.25) is 0 Å². The molecule has 106 valence electrons. The minimum Gasteiger partial charge on any atom is -0.466 e. The molecule has 0 unspecified atom stereocenters. The molecule has 19 heavy (non-hydrogen) atoms. The van der Waals surface area contributed by atoms with E-state index in [0.29, 0.717) is 13.0 Å². The van der Waals surface area contributed by atoms with Crippen molar-refractivity contribution in [1.82, 2.24) is 10.3 Å². The van der Waals surface area contributed by atoms with E-state index in [4.69, 9.17) is 4.74 Å². The highest BCUT2D eigenvalue weighted by atomic mass is 16.5. The van der Waals surface area contributed by atoms with Gasteiger partial charge in [-0.25, -0.2) is 0 Å². The summed E-state index contributed by atoms with van der Waals surface area (Å²) in [6.45, 7) is 4.30.